The molecule has 1 aromatic rings. The molecule has 0 aromatic heterocycles. The molecule has 1 rings (SSSR count). The van der Waals surface area contributed by atoms with Crippen LogP contribution in [0.25, 0.3) is 0 Å². The Morgan fingerprint density at radius 2 is 1.89 bits per heavy atom. The Kier molecular flexibility index (Phi) is 6.52. The van der Waals surface area contributed by atoms with Crippen LogP contribution in [0.3, 0.4) is 0 Å². The van der Waals surface area contributed by atoms with Crippen molar-refractivity contribution in [3.8, 4) is 0 Å². The van der Waals surface area contributed by atoms with E-state index in [0.717, 1.165) is 0 Å². The van der Waals surface area contributed by atoms with Crippen molar-refractivity contribution < 1.29 is 18.7 Å². The van der Waals surface area contributed by atoms with Crippen LogP contribution >= 0.6 is 0 Å². The number of ether oxygens (including phenoxy) is 1. The molecule has 0 spiro atoms. The minimum atomic E-state index is -0.566. The predicted molar refractivity (Wildman–Crippen MR) is 68.2 cm³/mol. The van der Waals surface area contributed by atoms with Gasteiger partial charge in [0, 0.05) is 26.6 Å². The summed E-state index contributed by atoms with van der Waals surface area (Å²) in [7, 11) is 1.52. The fourth-order valence-corrected chi connectivity index (χ4v) is 1.40. The van der Waals surface area contributed by atoms with Crippen molar-refractivity contribution >= 4 is 11.8 Å². The lowest BCUT2D eigenvalue weighted by Crippen LogP contribution is -2.35. The number of carbonyl (C=O) groups excluding carboxylic acids is 2. The summed E-state index contributed by atoms with van der Waals surface area (Å²) in [6, 6.07) is 5.73. The van der Waals surface area contributed by atoms with Gasteiger partial charge in [-0.3, -0.25) is 9.59 Å². The summed E-state index contributed by atoms with van der Waals surface area (Å²) >= 11 is 0. The van der Waals surface area contributed by atoms with Crippen LogP contribution in [0.4, 0.5) is 4.39 Å². The molecule has 104 valence electrons. The molecule has 0 saturated carbocycles. The van der Waals surface area contributed by atoms with Gasteiger partial charge in [0.1, 0.15) is 5.82 Å². The van der Waals surface area contributed by atoms with Crippen LogP contribution in [-0.2, 0) is 9.53 Å². The molecule has 0 aliphatic rings. The van der Waals surface area contributed by atoms with Gasteiger partial charge in [0.15, 0.2) is 0 Å². The molecule has 5 nitrogen and oxygen atoms in total. The molecule has 0 aliphatic carbocycles. The van der Waals surface area contributed by atoms with Gasteiger partial charge in [0.05, 0.1) is 12.2 Å². The van der Waals surface area contributed by atoms with Gasteiger partial charge in [-0.1, -0.05) is 12.1 Å². The number of rotatable bonds is 7. The zero-order chi connectivity index (χ0) is 14.1. The van der Waals surface area contributed by atoms with E-state index in [1.807, 2.05) is 0 Å². The Balaban J connectivity index is 2.25. The minimum absolute atomic E-state index is 0.00629. The van der Waals surface area contributed by atoms with Gasteiger partial charge in [-0.2, -0.15) is 0 Å². The zero-order valence-electron chi connectivity index (χ0n) is 10.7. The van der Waals surface area contributed by atoms with E-state index in [9.17, 15) is 14.0 Å². The van der Waals surface area contributed by atoms with Crippen molar-refractivity contribution in [2.75, 3.05) is 26.8 Å². The molecule has 0 atom stereocenters. The summed E-state index contributed by atoms with van der Waals surface area (Å²) in [5.74, 6) is -1.21. The number of benzene rings is 1. The molecule has 0 aliphatic heterocycles. The van der Waals surface area contributed by atoms with Gasteiger partial charge in [-0.05, 0) is 12.1 Å². The first-order chi connectivity index (χ1) is 9.15. The number of hydrogen-bond donors (Lipinski definition) is 2. The second-order valence-electron chi connectivity index (χ2n) is 3.83. The summed E-state index contributed by atoms with van der Waals surface area (Å²) in [6.07, 6.45) is 0.276. The highest BCUT2D eigenvalue weighted by atomic mass is 19.1. The molecule has 2 amide bonds. The van der Waals surface area contributed by atoms with Crippen LogP contribution in [0.5, 0.6) is 0 Å². The third kappa shape index (κ3) is 5.48. The van der Waals surface area contributed by atoms with E-state index in [0.29, 0.717) is 13.2 Å². The maximum atomic E-state index is 13.3. The topological polar surface area (TPSA) is 67.4 Å². The molecule has 0 unspecified atom stereocenters. The van der Waals surface area contributed by atoms with E-state index in [2.05, 4.69) is 10.6 Å². The molecule has 0 bridgehead atoms. The number of hydrogen-bond acceptors (Lipinski definition) is 3. The predicted octanol–water partition coefficient (Wildman–Crippen LogP) is 0.708. The molecule has 0 heterocycles. The Hall–Kier alpha value is -1.95. The number of halogens is 1. The Morgan fingerprint density at radius 1 is 1.21 bits per heavy atom. The second-order valence-corrected chi connectivity index (χ2v) is 3.83. The molecular weight excluding hydrogens is 251 g/mol. The minimum Gasteiger partial charge on any atom is -0.384 e. The summed E-state index contributed by atoms with van der Waals surface area (Å²) in [5, 5.41) is 5.14. The maximum absolute atomic E-state index is 13.3. The van der Waals surface area contributed by atoms with Gasteiger partial charge < -0.3 is 15.4 Å². The van der Waals surface area contributed by atoms with Crippen LogP contribution in [-0.4, -0.2) is 38.6 Å². The Labute approximate surface area is 111 Å². The average molecular weight is 268 g/mol. The lowest BCUT2D eigenvalue weighted by Gasteiger charge is -2.07. The van der Waals surface area contributed by atoms with Gasteiger partial charge in [-0.15, -0.1) is 0 Å². The standard InChI is InChI=1S/C13H17FN2O3/c1-19-9-6-12(17)15-7-8-16-13(18)10-4-2-3-5-11(10)14/h2-5H,6-9H2,1H3,(H,15,17)(H,16,18). The van der Waals surface area contributed by atoms with Crippen LogP contribution in [0.2, 0.25) is 0 Å². The third-order valence-corrected chi connectivity index (χ3v) is 2.38. The maximum Gasteiger partial charge on any atom is 0.254 e. The van der Waals surface area contributed by atoms with Crippen molar-refractivity contribution in [1.29, 1.82) is 0 Å². The fraction of sp³-hybridized carbons (Fsp3) is 0.385. The lowest BCUT2D eigenvalue weighted by atomic mass is 10.2. The normalized spacial score (nSPS) is 10.0. The van der Waals surface area contributed by atoms with Crippen LogP contribution < -0.4 is 10.6 Å². The monoisotopic (exact) mass is 268 g/mol. The lowest BCUT2D eigenvalue weighted by molar-refractivity contribution is -0.121. The van der Waals surface area contributed by atoms with Crippen molar-refractivity contribution in [3.05, 3.63) is 35.6 Å². The largest absolute Gasteiger partial charge is 0.384 e. The van der Waals surface area contributed by atoms with E-state index in [-0.39, 0.29) is 24.4 Å². The summed E-state index contributed by atoms with van der Waals surface area (Å²) in [5.41, 5.74) is -0.00629. The first-order valence-electron chi connectivity index (χ1n) is 5.93. The van der Waals surface area contributed by atoms with Crippen LogP contribution in [0, 0.1) is 5.82 Å². The first-order valence-corrected chi connectivity index (χ1v) is 5.93. The summed E-state index contributed by atoms with van der Waals surface area (Å²) < 4.78 is 18.0. The molecule has 19 heavy (non-hydrogen) atoms. The Bertz CT molecular complexity index is 438. The summed E-state index contributed by atoms with van der Waals surface area (Å²) in [6.45, 7) is 0.891. The van der Waals surface area contributed by atoms with Gasteiger partial charge >= 0.3 is 0 Å². The third-order valence-electron chi connectivity index (χ3n) is 2.38. The van der Waals surface area contributed by atoms with Gasteiger partial charge in [0.25, 0.3) is 5.91 Å². The average Bonchev–Trinajstić information content (AvgIpc) is 2.41. The van der Waals surface area contributed by atoms with Crippen molar-refractivity contribution in [2.24, 2.45) is 0 Å². The first kappa shape index (κ1) is 15.1. The Morgan fingerprint density at radius 3 is 2.58 bits per heavy atom. The highest BCUT2D eigenvalue weighted by Crippen LogP contribution is 2.05. The SMILES string of the molecule is COCCC(=O)NCCNC(=O)c1ccccc1F. The number of methoxy groups -OCH3 is 1. The highest BCUT2D eigenvalue weighted by Gasteiger charge is 2.09. The quantitative estimate of drug-likeness (QED) is 0.716. The van der Waals surface area contributed by atoms with E-state index in [1.54, 1.807) is 6.07 Å². The number of carbonyl (C=O) groups is 2. The molecule has 2 N–H and O–H groups in total. The molecule has 6 heteroatoms. The van der Waals surface area contributed by atoms with Gasteiger partial charge in [0.2, 0.25) is 5.91 Å². The summed E-state index contributed by atoms with van der Waals surface area (Å²) in [4.78, 5) is 22.8. The van der Waals surface area contributed by atoms with E-state index >= 15 is 0 Å². The van der Waals surface area contributed by atoms with E-state index in [1.165, 1.54) is 25.3 Å². The molecular formula is C13H17FN2O3. The van der Waals surface area contributed by atoms with Crippen molar-refractivity contribution in [2.45, 2.75) is 6.42 Å². The number of nitrogens with one attached hydrogen (secondary N) is 2. The van der Waals surface area contributed by atoms with Crippen molar-refractivity contribution in [1.82, 2.24) is 10.6 Å². The molecule has 0 radical (unpaired) electrons. The smallest absolute Gasteiger partial charge is 0.254 e. The fourth-order valence-electron chi connectivity index (χ4n) is 1.40. The number of amides is 2. The van der Waals surface area contributed by atoms with E-state index < -0.39 is 11.7 Å². The molecule has 1 aromatic carbocycles. The van der Waals surface area contributed by atoms with Crippen LogP contribution in [0.15, 0.2) is 24.3 Å². The van der Waals surface area contributed by atoms with Crippen LogP contribution in [0.1, 0.15) is 16.8 Å². The van der Waals surface area contributed by atoms with Gasteiger partial charge in [-0.25, -0.2) is 4.39 Å². The molecule has 0 fully saturated rings. The second kappa shape index (κ2) is 8.20. The zero-order valence-corrected chi connectivity index (χ0v) is 10.7. The van der Waals surface area contributed by atoms with Crippen molar-refractivity contribution in [3.63, 3.8) is 0 Å². The molecule has 0 saturated heterocycles. The van der Waals surface area contributed by atoms with E-state index in [4.69, 9.17) is 4.74 Å². The highest BCUT2D eigenvalue weighted by molar-refractivity contribution is 5.94.